The zero-order valence-corrected chi connectivity index (χ0v) is 13.8. The molecule has 0 heterocycles. The summed E-state index contributed by atoms with van der Waals surface area (Å²) in [5.74, 6) is 0.484. The van der Waals surface area contributed by atoms with Crippen LogP contribution >= 0.6 is 0 Å². The zero-order chi connectivity index (χ0) is 17.2. The third kappa shape index (κ3) is 5.66. The molecule has 0 spiro atoms. The van der Waals surface area contributed by atoms with Crippen molar-refractivity contribution in [1.29, 1.82) is 0 Å². The number of hydrogen-bond acceptors (Lipinski definition) is 3. The second kappa shape index (κ2) is 9.67. The Morgan fingerprint density at radius 1 is 1.04 bits per heavy atom. The maximum Gasteiger partial charge on any atom is 0.221 e. The van der Waals surface area contributed by atoms with Gasteiger partial charge in [-0.3, -0.25) is 4.79 Å². The molecule has 2 aromatic carbocycles. The molecule has 2 aromatic rings. The SMILES string of the molecule is COc1ccccc1CCNCCC(=O)NCc1ccccc1F. The van der Waals surface area contributed by atoms with Crippen molar-refractivity contribution in [2.75, 3.05) is 20.2 Å². The lowest BCUT2D eigenvalue weighted by molar-refractivity contribution is -0.121. The predicted molar refractivity (Wildman–Crippen MR) is 92.4 cm³/mol. The van der Waals surface area contributed by atoms with Gasteiger partial charge in [0.2, 0.25) is 5.91 Å². The lowest BCUT2D eigenvalue weighted by Crippen LogP contribution is -2.28. The summed E-state index contributed by atoms with van der Waals surface area (Å²) in [6.07, 6.45) is 1.20. The summed E-state index contributed by atoms with van der Waals surface area (Å²) >= 11 is 0. The molecule has 0 bridgehead atoms. The summed E-state index contributed by atoms with van der Waals surface area (Å²) < 4.78 is 18.7. The standard InChI is InChI=1S/C19H23FN2O2/c1-24-18-9-5-3-6-15(18)10-12-21-13-11-19(23)22-14-16-7-2-4-8-17(16)20/h2-9,21H,10-14H2,1H3,(H,22,23). The van der Waals surface area contributed by atoms with E-state index >= 15 is 0 Å². The minimum atomic E-state index is -0.298. The molecule has 1 amide bonds. The van der Waals surface area contributed by atoms with Gasteiger partial charge in [0.25, 0.3) is 0 Å². The predicted octanol–water partition coefficient (Wildman–Crippen LogP) is 2.67. The molecule has 0 atom stereocenters. The molecule has 2 rings (SSSR count). The molecule has 0 fully saturated rings. The molecule has 4 nitrogen and oxygen atoms in total. The Morgan fingerprint density at radius 3 is 2.50 bits per heavy atom. The highest BCUT2D eigenvalue weighted by atomic mass is 19.1. The number of rotatable bonds is 9. The smallest absolute Gasteiger partial charge is 0.221 e. The molecule has 24 heavy (non-hydrogen) atoms. The van der Waals surface area contributed by atoms with Gasteiger partial charge in [0, 0.05) is 25.1 Å². The van der Waals surface area contributed by atoms with Crippen LogP contribution in [0.4, 0.5) is 4.39 Å². The van der Waals surface area contributed by atoms with E-state index in [1.807, 2.05) is 24.3 Å². The number of amides is 1. The number of carbonyl (C=O) groups is 1. The van der Waals surface area contributed by atoms with Gasteiger partial charge < -0.3 is 15.4 Å². The van der Waals surface area contributed by atoms with Crippen molar-refractivity contribution >= 4 is 5.91 Å². The Labute approximate surface area is 142 Å². The largest absolute Gasteiger partial charge is 0.496 e. The van der Waals surface area contributed by atoms with E-state index in [9.17, 15) is 9.18 Å². The normalized spacial score (nSPS) is 10.4. The van der Waals surface area contributed by atoms with Crippen molar-refractivity contribution in [3.63, 3.8) is 0 Å². The van der Waals surface area contributed by atoms with Gasteiger partial charge in [-0.1, -0.05) is 36.4 Å². The lowest BCUT2D eigenvalue weighted by atomic mass is 10.1. The highest BCUT2D eigenvalue weighted by Crippen LogP contribution is 2.17. The van der Waals surface area contributed by atoms with Crippen molar-refractivity contribution in [3.8, 4) is 5.75 Å². The quantitative estimate of drug-likeness (QED) is 0.695. The van der Waals surface area contributed by atoms with E-state index in [-0.39, 0.29) is 18.3 Å². The van der Waals surface area contributed by atoms with Crippen LogP contribution in [0, 0.1) is 5.82 Å². The van der Waals surface area contributed by atoms with E-state index in [1.165, 1.54) is 6.07 Å². The summed E-state index contributed by atoms with van der Waals surface area (Å²) in [6, 6.07) is 14.3. The van der Waals surface area contributed by atoms with Crippen molar-refractivity contribution in [2.24, 2.45) is 0 Å². The van der Waals surface area contributed by atoms with E-state index in [1.54, 1.807) is 25.3 Å². The second-order valence-corrected chi connectivity index (χ2v) is 5.43. The average molecular weight is 330 g/mol. The first kappa shape index (κ1) is 17.9. The van der Waals surface area contributed by atoms with E-state index in [0.717, 1.165) is 24.3 Å². The molecular formula is C19H23FN2O2. The third-order valence-electron chi connectivity index (χ3n) is 3.73. The molecule has 2 N–H and O–H groups in total. The minimum Gasteiger partial charge on any atom is -0.496 e. The number of ether oxygens (including phenoxy) is 1. The summed E-state index contributed by atoms with van der Waals surface area (Å²) in [6.45, 7) is 1.56. The van der Waals surface area contributed by atoms with Crippen molar-refractivity contribution < 1.29 is 13.9 Å². The van der Waals surface area contributed by atoms with E-state index < -0.39 is 0 Å². The number of nitrogens with one attached hydrogen (secondary N) is 2. The first-order chi connectivity index (χ1) is 11.7. The molecule has 0 saturated carbocycles. The third-order valence-corrected chi connectivity index (χ3v) is 3.73. The lowest BCUT2D eigenvalue weighted by Gasteiger charge is -2.09. The molecule has 0 saturated heterocycles. The number of carbonyl (C=O) groups excluding carboxylic acids is 1. The fourth-order valence-electron chi connectivity index (χ4n) is 2.38. The molecule has 5 heteroatoms. The van der Waals surface area contributed by atoms with Gasteiger partial charge in [-0.25, -0.2) is 4.39 Å². The molecule has 0 unspecified atom stereocenters. The monoisotopic (exact) mass is 330 g/mol. The Balaban J connectivity index is 1.62. The number of hydrogen-bond donors (Lipinski definition) is 2. The first-order valence-electron chi connectivity index (χ1n) is 8.03. The Hall–Kier alpha value is -2.40. The van der Waals surface area contributed by atoms with Gasteiger partial charge in [0.15, 0.2) is 0 Å². The fourth-order valence-corrected chi connectivity index (χ4v) is 2.38. The number of methoxy groups -OCH3 is 1. The zero-order valence-electron chi connectivity index (χ0n) is 13.8. The molecule has 0 aliphatic heterocycles. The first-order valence-corrected chi connectivity index (χ1v) is 8.03. The second-order valence-electron chi connectivity index (χ2n) is 5.43. The maximum absolute atomic E-state index is 13.4. The number of benzene rings is 2. The van der Waals surface area contributed by atoms with Crippen LogP contribution < -0.4 is 15.4 Å². The fraction of sp³-hybridized carbons (Fsp3) is 0.316. The van der Waals surface area contributed by atoms with Crippen LogP contribution in [0.5, 0.6) is 5.75 Å². The van der Waals surface area contributed by atoms with E-state index in [2.05, 4.69) is 10.6 Å². The summed E-state index contributed by atoms with van der Waals surface area (Å²) in [4.78, 5) is 11.8. The highest BCUT2D eigenvalue weighted by Gasteiger charge is 2.05. The van der Waals surface area contributed by atoms with Crippen molar-refractivity contribution in [3.05, 3.63) is 65.5 Å². The van der Waals surface area contributed by atoms with Gasteiger partial charge in [0.1, 0.15) is 11.6 Å². The molecule has 0 aliphatic rings. The van der Waals surface area contributed by atoms with E-state index in [4.69, 9.17) is 4.74 Å². The summed E-state index contributed by atoms with van der Waals surface area (Å²) in [5, 5.41) is 5.96. The van der Waals surface area contributed by atoms with Gasteiger partial charge >= 0.3 is 0 Å². The molecule has 0 radical (unpaired) electrons. The Morgan fingerprint density at radius 2 is 1.75 bits per heavy atom. The van der Waals surface area contributed by atoms with Gasteiger partial charge in [-0.2, -0.15) is 0 Å². The molecule has 128 valence electrons. The van der Waals surface area contributed by atoms with Crippen molar-refractivity contribution in [2.45, 2.75) is 19.4 Å². The van der Waals surface area contributed by atoms with Crippen LogP contribution in [-0.2, 0) is 17.8 Å². The average Bonchev–Trinajstić information content (AvgIpc) is 2.61. The van der Waals surface area contributed by atoms with Crippen LogP contribution in [0.25, 0.3) is 0 Å². The van der Waals surface area contributed by atoms with Crippen molar-refractivity contribution in [1.82, 2.24) is 10.6 Å². The van der Waals surface area contributed by atoms with Gasteiger partial charge in [-0.05, 0) is 30.7 Å². The molecule has 0 aromatic heterocycles. The topological polar surface area (TPSA) is 50.4 Å². The highest BCUT2D eigenvalue weighted by molar-refractivity contribution is 5.76. The van der Waals surface area contributed by atoms with Gasteiger partial charge in [0.05, 0.1) is 7.11 Å². The van der Waals surface area contributed by atoms with Gasteiger partial charge in [-0.15, -0.1) is 0 Å². The van der Waals surface area contributed by atoms with E-state index in [0.29, 0.717) is 18.5 Å². The number of halogens is 1. The summed E-state index contributed by atoms with van der Waals surface area (Å²) in [7, 11) is 1.66. The van der Waals surface area contributed by atoms with Crippen LogP contribution in [0.3, 0.4) is 0 Å². The van der Waals surface area contributed by atoms with Crippen LogP contribution in [0.2, 0.25) is 0 Å². The summed E-state index contributed by atoms with van der Waals surface area (Å²) in [5.41, 5.74) is 1.63. The Bertz CT molecular complexity index is 661. The molecular weight excluding hydrogens is 307 g/mol. The molecule has 0 aliphatic carbocycles. The Kier molecular flexibility index (Phi) is 7.23. The van der Waals surface area contributed by atoms with Crippen LogP contribution in [0.1, 0.15) is 17.5 Å². The number of para-hydroxylation sites is 1. The minimum absolute atomic E-state index is 0.0944. The van der Waals surface area contributed by atoms with Crippen LogP contribution in [-0.4, -0.2) is 26.1 Å². The van der Waals surface area contributed by atoms with Crippen LogP contribution in [0.15, 0.2) is 48.5 Å². The maximum atomic E-state index is 13.4.